The molecule has 0 aliphatic heterocycles. The third-order valence-corrected chi connectivity index (χ3v) is 2.89. The van der Waals surface area contributed by atoms with E-state index in [1.807, 2.05) is 25.1 Å². The molecule has 0 atom stereocenters. The lowest BCUT2D eigenvalue weighted by Crippen LogP contribution is -2.05. The first-order chi connectivity index (χ1) is 9.69. The zero-order valence-electron chi connectivity index (χ0n) is 11.8. The maximum atomic E-state index is 13.2. The van der Waals surface area contributed by atoms with Crippen LogP contribution in [-0.4, -0.2) is 11.5 Å². The van der Waals surface area contributed by atoms with E-state index in [0.717, 1.165) is 30.0 Å². The smallest absolute Gasteiger partial charge is 0.130 e. The van der Waals surface area contributed by atoms with Crippen molar-refractivity contribution in [3.8, 4) is 5.75 Å². The molecular formula is C16H19FN2O. The van der Waals surface area contributed by atoms with Crippen LogP contribution in [0.3, 0.4) is 0 Å². The zero-order valence-corrected chi connectivity index (χ0v) is 11.8. The summed E-state index contributed by atoms with van der Waals surface area (Å²) in [6.07, 6.45) is 1.05. The van der Waals surface area contributed by atoms with Crippen molar-refractivity contribution in [2.45, 2.75) is 26.9 Å². The second-order valence-corrected chi connectivity index (χ2v) is 4.64. The Bertz CT molecular complexity index is 572. The van der Waals surface area contributed by atoms with Crippen molar-refractivity contribution < 1.29 is 9.13 Å². The van der Waals surface area contributed by atoms with E-state index in [-0.39, 0.29) is 5.82 Å². The second kappa shape index (κ2) is 6.89. The van der Waals surface area contributed by atoms with Crippen molar-refractivity contribution in [1.82, 2.24) is 4.98 Å². The number of halogens is 1. The average molecular weight is 274 g/mol. The molecule has 0 saturated heterocycles. The van der Waals surface area contributed by atoms with E-state index in [4.69, 9.17) is 4.74 Å². The molecule has 0 fully saturated rings. The lowest BCUT2D eigenvalue weighted by Gasteiger charge is -2.10. The van der Waals surface area contributed by atoms with Gasteiger partial charge in [-0.1, -0.05) is 19.1 Å². The van der Waals surface area contributed by atoms with Gasteiger partial charge in [0.05, 0.1) is 5.69 Å². The van der Waals surface area contributed by atoms with Crippen LogP contribution in [0.25, 0.3) is 0 Å². The number of rotatable bonds is 6. The van der Waals surface area contributed by atoms with Crippen LogP contribution < -0.4 is 10.1 Å². The number of pyridine rings is 1. The molecule has 20 heavy (non-hydrogen) atoms. The maximum absolute atomic E-state index is 13.2. The topological polar surface area (TPSA) is 34.1 Å². The second-order valence-electron chi connectivity index (χ2n) is 4.64. The van der Waals surface area contributed by atoms with Crippen molar-refractivity contribution in [3.05, 3.63) is 53.5 Å². The molecule has 106 valence electrons. The van der Waals surface area contributed by atoms with E-state index in [0.29, 0.717) is 12.4 Å². The van der Waals surface area contributed by atoms with Gasteiger partial charge in [0.1, 0.15) is 24.0 Å². The molecule has 0 amide bonds. The summed E-state index contributed by atoms with van der Waals surface area (Å²) in [6.45, 7) is 5.21. The Kier molecular flexibility index (Phi) is 4.93. The fourth-order valence-electron chi connectivity index (χ4n) is 1.79. The molecule has 2 rings (SSSR count). The normalized spacial score (nSPS) is 10.3. The molecule has 1 aromatic carbocycles. The van der Waals surface area contributed by atoms with Crippen molar-refractivity contribution >= 4 is 5.82 Å². The lowest BCUT2D eigenvalue weighted by atomic mass is 10.2. The maximum Gasteiger partial charge on any atom is 0.130 e. The highest BCUT2D eigenvalue weighted by molar-refractivity contribution is 5.36. The summed E-state index contributed by atoms with van der Waals surface area (Å²) in [7, 11) is 0. The van der Waals surface area contributed by atoms with Gasteiger partial charge in [-0.2, -0.15) is 0 Å². The van der Waals surface area contributed by atoms with Crippen molar-refractivity contribution in [1.29, 1.82) is 0 Å². The van der Waals surface area contributed by atoms with Gasteiger partial charge in [-0.05, 0) is 37.1 Å². The van der Waals surface area contributed by atoms with Crippen molar-refractivity contribution in [2.24, 2.45) is 0 Å². The van der Waals surface area contributed by atoms with Crippen LogP contribution in [0.1, 0.15) is 24.6 Å². The van der Waals surface area contributed by atoms with Gasteiger partial charge in [-0.25, -0.2) is 9.37 Å². The minimum Gasteiger partial charge on any atom is -0.487 e. The first kappa shape index (κ1) is 14.3. The van der Waals surface area contributed by atoms with Crippen LogP contribution in [0.4, 0.5) is 10.2 Å². The average Bonchev–Trinajstić information content (AvgIpc) is 2.46. The highest BCUT2D eigenvalue weighted by Crippen LogP contribution is 2.20. The number of aryl methyl sites for hydroxylation is 1. The van der Waals surface area contributed by atoms with Gasteiger partial charge >= 0.3 is 0 Å². The number of ether oxygens (including phenoxy) is 1. The summed E-state index contributed by atoms with van der Waals surface area (Å²) in [5.74, 6) is 1.10. The molecule has 4 heteroatoms. The summed E-state index contributed by atoms with van der Waals surface area (Å²) < 4.78 is 18.8. The van der Waals surface area contributed by atoms with Crippen LogP contribution in [0, 0.1) is 12.7 Å². The minimum atomic E-state index is -0.295. The third kappa shape index (κ3) is 3.95. The molecule has 0 radical (unpaired) electrons. The van der Waals surface area contributed by atoms with Crippen molar-refractivity contribution in [2.75, 3.05) is 11.9 Å². The van der Waals surface area contributed by atoms with Crippen LogP contribution in [0.2, 0.25) is 0 Å². The molecule has 0 bridgehead atoms. The van der Waals surface area contributed by atoms with Gasteiger partial charge in [-0.15, -0.1) is 0 Å². The van der Waals surface area contributed by atoms with E-state index in [2.05, 4.69) is 17.2 Å². The van der Waals surface area contributed by atoms with E-state index < -0.39 is 0 Å². The Hall–Kier alpha value is -2.10. The first-order valence-electron chi connectivity index (χ1n) is 6.78. The van der Waals surface area contributed by atoms with Gasteiger partial charge < -0.3 is 10.1 Å². The first-order valence-corrected chi connectivity index (χ1v) is 6.78. The molecule has 0 spiro atoms. The van der Waals surface area contributed by atoms with Gasteiger partial charge in [0.2, 0.25) is 0 Å². The largest absolute Gasteiger partial charge is 0.487 e. The summed E-state index contributed by atoms with van der Waals surface area (Å²) in [4.78, 5) is 4.45. The minimum absolute atomic E-state index is 0.295. The Labute approximate surface area is 118 Å². The Morgan fingerprint density at radius 2 is 2.10 bits per heavy atom. The van der Waals surface area contributed by atoms with Gasteiger partial charge in [0, 0.05) is 12.6 Å². The number of anilines is 1. The van der Waals surface area contributed by atoms with Crippen LogP contribution in [0.15, 0.2) is 36.4 Å². The molecule has 0 saturated carbocycles. The highest BCUT2D eigenvalue weighted by atomic mass is 19.1. The molecule has 1 N–H and O–H groups in total. The zero-order chi connectivity index (χ0) is 14.4. The van der Waals surface area contributed by atoms with Gasteiger partial charge in [-0.3, -0.25) is 0 Å². The SMILES string of the molecule is CCCNc1cccc(COc2cc(F)ccc2C)n1. The highest BCUT2D eigenvalue weighted by Gasteiger charge is 2.03. The standard InChI is InChI=1S/C16H19FN2O/c1-3-9-18-16-6-4-5-14(19-16)11-20-15-10-13(17)8-7-12(15)2/h4-8,10H,3,9,11H2,1-2H3,(H,18,19). The number of nitrogens with zero attached hydrogens (tertiary/aromatic N) is 1. The Morgan fingerprint density at radius 1 is 1.25 bits per heavy atom. The van der Waals surface area contributed by atoms with Crippen LogP contribution >= 0.6 is 0 Å². The van der Waals surface area contributed by atoms with Crippen LogP contribution in [0.5, 0.6) is 5.75 Å². The summed E-state index contributed by atoms with van der Waals surface area (Å²) >= 11 is 0. The molecule has 0 aliphatic rings. The molecule has 0 unspecified atom stereocenters. The molecule has 1 aromatic heterocycles. The monoisotopic (exact) mass is 274 g/mol. The van der Waals surface area contributed by atoms with Crippen LogP contribution in [-0.2, 0) is 6.61 Å². The summed E-state index contributed by atoms with van der Waals surface area (Å²) in [5.41, 5.74) is 1.72. The Balaban J connectivity index is 2.01. The summed E-state index contributed by atoms with van der Waals surface area (Å²) in [6, 6.07) is 10.3. The quantitative estimate of drug-likeness (QED) is 0.866. The lowest BCUT2D eigenvalue weighted by molar-refractivity contribution is 0.298. The fraction of sp³-hybridized carbons (Fsp3) is 0.312. The molecule has 0 aliphatic carbocycles. The number of hydrogen-bond acceptors (Lipinski definition) is 3. The molecule has 1 heterocycles. The molecule has 2 aromatic rings. The number of aromatic nitrogens is 1. The number of benzene rings is 1. The van der Waals surface area contributed by atoms with E-state index in [1.165, 1.54) is 12.1 Å². The number of hydrogen-bond donors (Lipinski definition) is 1. The Morgan fingerprint density at radius 3 is 2.90 bits per heavy atom. The number of nitrogens with one attached hydrogen (secondary N) is 1. The van der Waals surface area contributed by atoms with E-state index in [1.54, 1.807) is 6.07 Å². The van der Waals surface area contributed by atoms with Gasteiger partial charge in [0.25, 0.3) is 0 Å². The van der Waals surface area contributed by atoms with Crippen molar-refractivity contribution in [3.63, 3.8) is 0 Å². The predicted octanol–water partition coefficient (Wildman–Crippen LogP) is 3.93. The molecular weight excluding hydrogens is 255 g/mol. The van der Waals surface area contributed by atoms with Gasteiger partial charge in [0.15, 0.2) is 0 Å². The van der Waals surface area contributed by atoms with E-state index >= 15 is 0 Å². The fourth-order valence-corrected chi connectivity index (χ4v) is 1.79. The third-order valence-electron chi connectivity index (χ3n) is 2.89. The predicted molar refractivity (Wildman–Crippen MR) is 78.5 cm³/mol. The van der Waals surface area contributed by atoms with E-state index in [9.17, 15) is 4.39 Å². The summed E-state index contributed by atoms with van der Waals surface area (Å²) in [5, 5.41) is 3.23. The molecule has 3 nitrogen and oxygen atoms in total.